The summed E-state index contributed by atoms with van der Waals surface area (Å²) >= 11 is 6.73. The summed E-state index contributed by atoms with van der Waals surface area (Å²) < 4.78 is 34.6. The molecule has 0 radical (unpaired) electrons. The van der Waals surface area contributed by atoms with Crippen LogP contribution in [0.3, 0.4) is 0 Å². The van der Waals surface area contributed by atoms with Crippen molar-refractivity contribution >= 4 is 43.5 Å². The van der Waals surface area contributed by atoms with Crippen molar-refractivity contribution in [2.24, 2.45) is 0 Å². The zero-order valence-electron chi connectivity index (χ0n) is 8.51. The third-order valence-corrected chi connectivity index (χ3v) is 3.87. The van der Waals surface area contributed by atoms with E-state index >= 15 is 0 Å². The zero-order valence-corrected chi connectivity index (χ0v) is 11.9. The first-order valence-corrected chi connectivity index (χ1v) is 5.97. The SMILES string of the molecule is O=S(=O)(O)c1ccc2nnsc2c1Cl.[H-].[Na+]. The number of hydrogen-bond acceptors (Lipinski definition) is 5. The Morgan fingerprint density at radius 2 is 2.13 bits per heavy atom. The minimum atomic E-state index is -4.28. The molecule has 0 saturated heterocycles. The molecule has 1 aromatic carbocycles. The summed E-state index contributed by atoms with van der Waals surface area (Å²) in [6.45, 7) is 0. The molecular weight excluding hydrogens is 271 g/mol. The second-order valence-corrected chi connectivity index (χ2v) is 5.00. The number of aromatic nitrogens is 2. The van der Waals surface area contributed by atoms with Crippen molar-refractivity contribution in [2.75, 3.05) is 0 Å². The Morgan fingerprint density at radius 1 is 1.47 bits per heavy atom. The molecule has 1 aromatic heterocycles. The van der Waals surface area contributed by atoms with Crippen molar-refractivity contribution in [3.63, 3.8) is 0 Å². The molecule has 9 heteroatoms. The third-order valence-electron chi connectivity index (χ3n) is 1.60. The van der Waals surface area contributed by atoms with Crippen molar-refractivity contribution in [3.8, 4) is 0 Å². The van der Waals surface area contributed by atoms with Gasteiger partial charge in [0.25, 0.3) is 10.1 Å². The van der Waals surface area contributed by atoms with E-state index in [9.17, 15) is 8.42 Å². The Morgan fingerprint density at radius 3 is 2.73 bits per heavy atom. The Labute approximate surface area is 118 Å². The van der Waals surface area contributed by atoms with E-state index in [2.05, 4.69) is 9.59 Å². The summed E-state index contributed by atoms with van der Waals surface area (Å²) in [5.74, 6) is 0. The van der Waals surface area contributed by atoms with Gasteiger partial charge < -0.3 is 1.43 Å². The molecule has 15 heavy (non-hydrogen) atoms. The van der Waals surface area contributed by atoms with Crippen LogP contribution in [0.5, 0.6) is 0 Å². The van der Waals surface area contributed by atoms with Gasteiger partial charge in [-0.25, -0.2) is 0 Å². The van der Waals surface area contributed by atoms with Gasteiger partial charge >= 0.3 is 29.6 Å². The summed E-state index contributed by atoms with van der Waals surface area (Å²) in [6.07, 6.45) is 0. The number of hydrogen-bond donors (Lipinski definition) is 1. The van der Waals surface area contributed by atoms with Gasteiger partial charge in [-0.2, -0.15) is 8.42 Å². The fourth-order valence-corrected chi connectivity index (χ4v) is 2.79. The maximum atomic E-state index is 10.9. The van der Waals surface area contributed by atoms with Gasteiger partial charge in [-0.05, 0) is 23.7 Å². The van der Waals surface area contributed by atoms with Gasteiger partial charge in [0.1, 0.15) is 10.4 Å². The molecule has 5 nitrogen and oxygen atoms in total. The topological polar surface area (TPSA) is 80.2 Å². The molecule has 1 heterocycles. The minimum absolute atomic E-state index is 0. The van der Waals surface area contributed by atoms with Gasteiger partial charge in [0, 0.05) is 0 Å². The molecule has 2 aromatic rings. The number of benzene rings is 1. The zero-order chi connectivity index (χ0) is 10.3. The molecule has 0 aliphatic carbocycles. The van der Waals surface area contributed by atoms with Crippen LogP contribution >= 0.6 is 23.1 Å². The van der Waals surface area contributed by atoms with E-state index in [1.54, 1.807) is 0 Å². The van der Waals surface area contributed by atoms with Gasteiger partial charge in [0.15, 0.2) is 0 Å². The fourth-order valence-electron chi connectivity index (χ4n) is 0.998. The first-order chi connectivity index (χ1) is 6.50. The van der Waals surface area contributed by atoms with Crippen molar-refractivity contribution in [2.45, 2.75) is 4.90 Å². The summed E-state index contributed by atoms with van der Waals surface area (Å²) in [5.41, 5.74) is 0.507. The predicted octanol–water partition coefficient (Wildman–Crippen LogP) is -1.29. The summed E-state index contributed by atoms with van der Waals surface area (Å²) in [6, 6.07) is 2.63. The van der Waals surface area contributed by atoms with Gasteiger partial charge in [-0.15, -0.1) is 5.10 Å². The van der Waals surface area contributed by atoms with E-state index in [0.29, 0.717) is 10.2 Å². The number of halogens is 1. The second kappa shape index (κ2) is 4.62. The van der Waals surface area contributed by atoms with Crippen LogP contribution < -0.4 is 29.6 Å². The molecule has 0 aliphatic heterocycles. The number of fused-ring (bicyclic) bond motifs is 1. The fraction of sp³-hybridized carbons (Fsp3) is 0. The van der Waals surface area contributed by atoms with Crippen molar-refractivity contribution < 1.29 is 44.0 Å². The van der Waals surface area contributed by atoms with Crippen molar-refractivity contribution in [3.05, 3.63) is 17.2 Å². The standard InChI is InChI=1S/C6H3ClN2O3S2.Na.H/c7-5-4(14(10,11)12)2-1-3-6(5)13-9-8-3;;/h1-2H,(H,10,11,12);;/q;+1;-1. The van der Waals surface area contributed by atoms with Crippen LogP contribution in [0, 0.1) is 0 Å². The molecule has 76 valence electrons. The summed E-state index contributed by atoms with van der Waals surface area (Å²) in [5, 5.41) is 3.67. The van der Waals surface area contributed by atoms with E-state index < -0.39 is 10.1 Å². The average Bonchev–Trinajstić information content (AvgIpc) is 2.50. The van der Waals surface area contributed by atoms with E-state index in [1.807, 2.05) is 0 Å². The molecular formula is C6H4ClN2NaO3S2. The molecule has 0 aliphatic rings. The van der Waals surface area contributed by atoms with Crippen molar-refractivity contribution in [1.29, 1.82) is 0 Å². The molecule has 0 amide bonds. The molecule has 0 bridgehead atoms. The smallest absolute Gasteiger partial charge is 1.00 e. The van der Waals surface area contributed by atoms with E-state index in [-0.39, 0.29) is 40.9 Å². The normalized spacial score (nSPS) is 11.3. The molecule has 0 saturated carbocycles. The van der Waals surface area contributed by atoms with Crippen LogP contribution in [0.25, 0.3) is 10.2 Å². The first kappa shape index (κ1) is 13.3. The Kier molecular flexibility index (Phi) is 4.10. The largest absolute Gasteiger partial charge is 1.00 e. The third kappa shape index (κ3) is 2.50. The second-order valence-electron chi connectivity index (χ2n) is 2.47. The average molecular weight is 275 g/mol. The van der Waals surface area contributed by atoms with Crippen LogP contribution in [0.15, 0.2) is 17.0 Å². The molecule has 0 spiro atoms. The monoisotopic (exact) mass is 274 g/mol. The Bertz CT molecular complexity index is 603. The predicted molar refractivity (Wildman–Crippen MR) is 53.4 cm³/mol. The molecule has 2 rings (SSSR count). The summed E-state index contributed by atoms with van der Waals surface area (Å²) in [4.78, 5) is -0.322. The van der Waals surface area contributed by atoms with Crippen LogP contribution in [0.4, 0.5) is 0 Å². The molecule has 1 N–H and O–H groups in total. The quantitative estimate of drug-likeness (QED) is 0.517. The van der Waals surface area contributed by atoms with E-state index in [1.165, 1.54) is 12.1 Å². The Hall–Kier alpha value is 0.240. The molecule has 0 atom stereocenters. The van der Waals surface area contributed by atoms with Crippen LogP contribution in [0.1, 0.15) is 1.43 Å². The maximum Gasteiger partial charge on any atom is 1.00 e. The first-order valence-electron chi connectivity index (χ1n) is 3.38. The Balaban J connectivity index is 0.00000112. The maximum absolute atomic E-state index is 10.9. The minimum Gasteiger partial charge on any atom is -1.00 e. The van der Waals surface area contributed by atoms with Gasteiger partial charge in [-0.1, -0.05) is 16.1 Å². The van der Waals surface area contributed by atoms with E-state index in [4.69, 9.17) is 16.2 Å². The van der Waals surface area contributed by atoms with Gasteiger partial charge in [-0.3, -0.25) is 4.55 Å². The van der Waals surface area contributed by atoms with E-state index in [0.717, 1.165) is 11.5 Å². The van der Waals surface area contributed by atoms with Crippen molar-refractivity contribution in [1.82, 2.24) is 9.59 Å². The molecule has 0 fully saturated rings. The number of nitrogens with zero attached hydrogens (tertiary/aromatic N) is 2. The van der Waals surface area contributed by atoms with Gasteiger partial charge in [0.2, 0.25) is 0 Å². The van der Waals surface area contributed by atoms with Gasteiger partial charge in [0.05, 0.1) is 9.72 Å². The number of rotatable bonds is 1. The van der Waals surface area contributed by atoms with Crippen LogP contribution in [-0.2, 0) is 10.1 Å². The summed E-state index contributed by atoms with van der Waals surface area (Å²) in [7, 11) is -4.28. The van der Waals surface area contributed by atoms with Crippen LogP contribution in [0.2, 0.25) is 5.02 Å². The van der Waals surface area contributed by atoms with Crippen LogP contribution in [-0.4, -0.2) is 22.6 Å². The molecule has 0 unspecified atom stereocenters.